The van der Waals surface area contributed by atoms with E-state index in [1.165, 1.54) is 38.6 Å². The van der Waals surface area contributed by atoms with Crippen LogP contribution >= 0.6 is 0 Å². The summed E-state index contributed by atoms with van der Waals surface area (Å²) in [5, 5.41) is 11.8. The van der Waals surface area contributed by atoms with Crippen LogP contribution in [-0.4, -0.2) is 11.7 Å². The van der Waals surface area contributed by atoms with Crippen molar-refractivity contribution < 1.29 is 8.83 Å². The van der Waals surface area contributed by atoms with Crippen LogP contribution in [0.4, 0.5) is 0 Å². The minimum Gasteiger partial charge on any atom is -0.456 e. The molecule has 8 aromatic carbocycles. The molecule has 0 N–H and O–H groups in total. The van der Waals surface area contributed by atoms with Gasteiger partial charge in [0.25, 0.3) is 0 Å². The first-order chi connectivity index (χ1) is 26.7. The first-order valence-corrected chi connectivity index (χ1v) is 18.2. The van der Waals surface area contributed by atoms with Crippen molar-refractivity contribution >= 4 is 66.3 Å². The molecule has 1 aliphatic carbocycles. The normalized spacial score (nSPS) is 14.9. The fraction of sp³-hybridized carbons (Fsp3) is 0.0204. The summed E-state index contributed by atoms with van der Waals surface area (Å²) in [5.74, 6) is 1.24. The molecule has 0 fully saturated rings. The SMILES string of the molecule is c1ccc(C2N=C(c3cccc4oc5ccc(-c6ccc7c8c(cccc68)-c6ccccc6-7)cc5c34)N=C(c3ccc4oc5ccccc5c4c3)[N-]2)cc1. The average Bonchev–Trinajstić information content (AvgIpc) is 3.91. The predicted octanol–water partition coefficient (Wildman–Crippen LogP) is 13.2. The van der Waals surface area contributed by atoms with E-state index in [1.54, 1.807) is 0 Å². The Morgan fingerprint density at radius 1 is 0.407 bits per heavy atom. The van der Waals surface area contributed by atoms with Crippen LogP contribution in [0.15, 0.2) is 183 Å². The van der Waals surface area contributed by atoms with Gasteiger partial charge < -0.3 is 19.1 Å². The number of amidine groups is 2. The van der Waals surface area contributed by atoms with Gasteiger partial charge in [0.05, 0.1) is 12.0 Å². The second kappa shape index (κ2) is 11.1. The van der Waals surface area contributed by atoms with Crippen molar-refractivity contribution in [3.05, 3.63) is 186 Å². The average molecular weight is 691 g/mol. The van der Waals surface area contributed by atoms with E-state index < -0.39 is 6.17 Å². The predicted molar refractivity (Wildman–Crippen MR) is 220 cm³/mol. The lowest BCUT2D eigenvalue weighted by molar-refractivity contribution is 0.668. The Balaban J connectivity index is 1.04. The molecule has 1 unspecified atom stereocenters. The van der Waals surface area contributed by atoms with Crippen LogP contribution in [0.1, 0.15) is 22.9 Å². The highest BCUT2D eigenvalue weighted by molar-refractivity contribution is 6.25. The van der Waals surface area contributed by atoms with Crippen molar-refractivity contribution in [2.45, 2.75) is 6.17 Å². The van der Waals surface area contributed by atoms with E-state index in [-0.39, 0.29) is 0 Å². The summed E-state index contributed by atoms with van der Waals surface area (Å²) < 4.78 is 12.7. The Kier molecular flexibility index (Phi) is 6.05. The lowest BCUT2D eigenvalue weighted by Crippen LogP contribution is -2.16. The molecule has 54 heavy (non-hydrogen) atoms. The number of fused-ring (bicyclic) bond motifs is 9. The molecule has 3 heterocycles. The standard InChI is InChI=1S/C49H28N3O2/c1-2-10-28(11-3-1)47-50-48(30-21-25-42-39(27-30)34-14-6-7-18-41(34)53-42)52-49(51-47)38-17-9-19-44-46(38)40-26-29(20-24-43(40)54-44)31-22-23-37-33-13-5-4-12-32(33)36-16-8-15-35(31)45(36)37/h1-27,47H/q-1. The van der Waals surface area contributed by atoms with Crippen LogP contribution in [0, 0.1) is 0 Å². The number of aliphatic imine (C=N–C) groups is 2. The summed E-state index contributed by atoms with van der Waals surface area (Å²) in [6.45, 7) is 0. The summed E-state index contributed by atoms with van der Waals surface area (Å²) in [7, 11) is 0. The molecule has 5 heteroatoms. The van der Waals surface area contributed by atoms with Crippen LogP contribution in [0.2, 0.25) is 0 Å². The molecule has 2 aliphatic rings. The molecule has 0 bridgehead atoms. The third-order valence-corrected chi connectivity index (χ3v) is 11.0. The molecule has 2 aromatic heterocycles. The number of rotatable bonds is 4. The van der Waals surface area contributed by atoms with Gasteiger partial charge in [-0.15, -0.1) is 0 Å². The zero-order valence-electron chi connectivity index (χ0n) is 28.8. The van der Waals surface area contributed by atoms with Crippen LogP contribution < -0.4 is 0 Å². The van der Waals surface area contributed by atoms with E-state index >= 15 is 0 Å². The Morgan fingerprint density at radius 2 is 1.02 bits per heavy atom. The van der Waals surface area contributed by atoms with Crippen molar-refractivity contribution in [1.29, 1.82) is 0 Å². The summed E-state index contributed by atoms with van der Waals surface area (Å²) >= 11 is 0. The van der Waals surface area contributed by atoms with Crippen LogP contribution in [0.3, 0.4) is 0 Å². The highest BCUT2D eigenvalue weighted by Gasteiger charge is 2.23. The molecule has 1 atom stereocenters. The first kappa shape index (κ1) is 29.3. The molecule has 10 aromatic rings. The van der Waals surface area contributed by atoms with Gasteiger partial charge in [0.15, 0.2) is 0 Å². The number of para-hydroxylation sites is 1. The number of hydrogen-bond acceptors (Lipinski definition) is 4. The van der Waals surface area contributed by atoms with Gasteiger partial charge in [0.1, 0.15) is 22.3 Å². The Morgan fingerprint density at radius 3 is 1.91 bits per heavy atom. The fourth-order valence-corrected chi connectivity index (χ4v) is 8.57. The summed E-state index contributed by atoms with van der Waals surface area (Å²) in [6, 6.07) is 57.1. The van der Waals surface area contributed by atoms with Crippen molar-refractivity contribution in [3.63, 3.8) is 0 Å². The number of benzene rings is 8. The minimum atomic E-state index is -0.466. The summed E-state index contributed by atoms with van der Waals surface area (Å²) in [6.07, 6.45) is -0.466. The quantitative estimate of drug-likeness (QED) is 0.184. The van der Waals surface area contributed by atoms with Crippen molar-refractivity contribution in [1.82, 2.24) is 0 Å². The minimum absolute atomic E-state index is 0.466. The van der Waals surface area contributed by atoms with Gasteiger partial charge in [-0.05, 0) is 91.7 Å². The zero-order chi connectivity index (χ0) is 35.3. The lowest BCUT2D eigenvalue weighted by Gasteiger charge is -2.32. The van der Waals surface area contributed by atoms with Gasteiger partial charge in [-0.1, -0.05) is 133 Å². The van der Waals surface area contributed by atoms with E-state index in [1.807, 2.05) is 60.7 Å². The molecule has 0 saturated carbocycles. The second-order valence-corrected chi connectivity index (χ2v) is 14.0. The number of hydrogen-bond donors (Lipinski definition) is 0. The first-order valence-electron chi connectivity index (χ1n) is 18.2. The van der Waals surface area contributed by atoms with Crippen molar-refractivity contribution in [2.75, 3.05) is 0 Å². The van der Waals surface area contributed by atoms with Crippen LogP contribution in [0.5, 0.6) is 0 Å². The van der Waals surface area contributed by atoms with Gasteiger partial charge in [0.2, 0.25) is 0 Å². The Bertz CT molecular complexity index is 3230. The molecule has 252 valence electrons. The smallest absolute Gasteiger partial charge is 0.136 e. The van der Waals surface area contributed by atoms with Crippen molar-refractivity contribution in [3.8, 4) is 33.4 Å². The van der Waals surface area contributed by atoms with E-state index in [4.69, 9.17) is 24.1 Å². The summed E-state index contributed by atoms with van der Waals surface area (Å²) in [5.41, 5.74) is 13.6. The lowest BCUT2D eigenvalue weighted by atomic mass is 9.93. The van der Waals surface area contributed by atoms with Gasteiger partial charge in [-0.2, -0.15) is 0 Å². The largest absolute Gasteiger partial charge is 0.456 e. The fourth-order valence-electron chi connectivity index (χ4n) is 8.57. The van der Waals surface area contributed by atoms with E-state index in [0.29, 0.717) is 11.7 Å². The number of nitrogens with zero attached hydrogens (tertiary/aromatic N) is 3. The van der Waals surface area contributed by atoms with Crippen LogP contribution in [0.25, 0.3) is 93.3 Å². The molecular formula is C49H28N3O2-. The zero-order valence-corrected chi connectivity index (χ0v) is 28.8. The second-order valence-electron chi connectivity index (χ2n) is 14.0. The van der Waals surface area contributed by atoms with E-state index in [0.717, 1.165) is 66.1 Å². The highest BCUT2D eigenvalue weighted by atomic mass is 16.3. The van der Waals surface area contributed by atoms with E-state index in [2.05, 4.69) is 103 Å². The third-order valence-electron chi connectivity index (χ3n) is 11.0. The number of furan rings is 2. The summed E-state index contributed by atoms with van der Waals surface area (Å²) in [4.78, 5) is 10.4. The molecule has 0 radical (unpaired) electrons. The van der Waals surface area contributed by atoms with Gasteiger partial charge in [0, 0.05) is 27.1 Å². The van der Waals surface area contributed by atoms with Gasteiger partial charge in [-0.3, -0.25) is 4.99 Å². The van der Waals surface area contributed by atoms with Crippen LogP contribution in [-0.2, 0) is 0 Å². The maximum atomic E-state index is 6.52. The van der Waals surface area contributed by atoms with Crippen molar-refractivity contribution in [2.24, 2.45) is 9.98 Å². The monoisotopic (exact) mass is 690 g/mol. The van der Waals surface area contributed by atoms with Gasteiger partial charge in [-0.25, -0.2) is 0 Å². The van der Waals surface area contributed by atoms with E-state index in [9.17, 15) is 0 Å². The maximum absolute atomic E-state index is 6.52. The molecule has 0 saturated heterocycles. The maximum Gasteiger partial charge on any atom is 0.136 e. The Hall–Kier alpha value is -7.24. The third kappa shape index (κ3) is 4.27. The molecule has 5 nitrogen and oxygen atoms in total. The van der Waals surface area contributed by atoms with Gasteiger partial charge >= 0.3 is 0 Å². The topological polar surface area (TPSA) is 65.1 Å². The molecule has 12 rings (SSSR count). The Labute approximate surface area is 309 Å². The highest BCUT2D eigenvalue weighted by Crippen LogP contribution is 2.49. The molecule has 0 spiro atoms. The molecular weight excluding hydrogens is 663 g/mol. The molecule has 0 amide bonds. The molecule has 1 aliphatic heterocycles.